The molecule has 1 aromatic rings. The Morgan fingerprint density at radius 2 is 1.78 bits per heavy atom. The number of benzene rings is 1. The first-order chi connectivity index (χ1) is 14.8. The fraction of sp³-hybridized carbons (Fsp3) is 0.591. The van der Waals surface area contributed by atoms with Gasteiger partial charge in [0.15, 0.2) is 12.4 Å². The molecule has 1 fully saturated rings. The lowest BCUT2D eigenvalue weighted by Gasteiger charge is -2.26. The minimum absolute atomic E-state index is 0.00787. The molecule has 0 bridgehead atoms. The van der Waals surface area contributed by atoms with Crippen molar-refractivity contribution in [2.75, 3.05) is 32.9 Å². The Hall–Kier alpha value is -2.30. The van der Waals surface area contributed by atoms with Gasteiger partial charge in [-0.25, -0.2) is 13.2 Å². The average molecular weight is 469 g/mol. The molecular weight excluding hydrogens is 436 g/mol. The van der Waals surface area contributed by atoms with E-state index in [2.05, 4.69) is 5.32 Å². The predicted octanol–water partition coefficient (Wildman–Crippen LogP) is 1.62. The van der Waals surface area contributed by atoms with Crippen molar-refractivity contribution in [3.05, 3.63) is 29.8 Å². The zero-order valence-corrected chi connectivity index (χ0v) is 20.0. The first-order valence-corrected chi connectivity index (χ1v) is 12.0. The molecule has 1 atom stereocenters. The fourth-order valence-corrected chi connectivity index (χ4v) is 4.35. The number of esters is 1. The van der Waals surface area contributed by atoms with Gasteiger partial charge < -0.3 is 14.8 Å². The van der Waals surface area contributed by atoms with Crippen LogP contribution in [0.2, 0.25) is 0 Å². The molecule has 0 radical (unpaired) electrons. The second-order valence-electron chi connectivity index (χ2n) is 9.02. The number of amides is 1. The SMILES string of the molecule is CC(C)[C@H](NC(=O)c1cccc(S(=O)(=O)N2CCOCC2)c1)C(=O)OCC(=O)C(C)(C)C. The molecule has 0 aromatic heterocycles. The van der Waals surface area contributed by atoms with E-state index in [0.717, 1.165) is 0 Å². The molecule has 1 heterocycles. The number of ether oxygens (including phenoxy) is 2. The summed E-state index contributed by atoms with van der Waals surface area (Å²) < 4.78 is 37.4. The van der Waals surface area contributed by atoms with Crippen LogP contribution < -0.4 is 5.32 Å². The molecule has 2 rings (SSSR count). The Kier molecular flexibility index (Phi) is 8.55. The minimum atomic E-state index is -3.77. The fourth-order valence-electron chi connectivity index (χ4n) is 2.90. The molecule has 1 aliphatic rings. The summed E-state index contributed by atoms with van der Waals surface area (Å²) in [6, 6.07) is 4.67. The van der Waals surface area contributed by atoms with E-state index >= 15 is 0 Å². The number of hydrogen-bond acceptors (Lipinski definition) is 7. The molecule has 1 saturated heterocycles. The second kappa shape index (κ2) is 10.5. The molecule has 0 aliphatic carbocycles. The van der Waals surface area contributed by atoms with Crippen LogP contribution in [0.4, 0.5) is 0 Å². The number of rotatable bonds is 8. The highest BCUT2D eigenvalue weighted by molar-refractivity contribution is 7.89. The van der Waals surface area contributed by atoms with Crippen molar-refractivity contribution in [2.45, 2.75) is 45.6 Å². The van der Waals surface area contributed by atoms with Crippen LogP contribution in [0.1, 0.15) is 45.0 Å². The van der Waals surface area contributed by atoms with Crippen LogP contribution in [0.3, 0.4) is 0 Å². The van der Waals surface area contributed by atoms with E-state index in [1.165, 1.54) is 28.6 Å². The number of hydrogen-bond donors (Lipinski definition) is 1. The van der Waals surface area contributed by atoms with E-state index in [4.69, 9.17) is 9.47 Å². The van der Waals surface area contributed by atoms with E-state index in [9.17, 15) is 22.8 Å². The topological polar surface area (TPSA) is 119 Å². The smallest absolute Gasteiger partial charge is 0.329 e. The third kappa shape index (κ3) is 6.60. The number of nitrogens with zero attached hydrogens (tertiary/aromatic N) is 1. The van der Waals surface area contributed by atoms with Crippen LogP contribution in [0.15, 0.2) is 29.2 Å². The number of sulfonamides is 1. The van der Waals surface area contributed by atoms with E-state index < -0.39 is 33.4 Å². The summed E-state index contributed by atoms with van der Waals surface area (Å²) in [5.74, 6) is -1.87. The van der Waals surface area contributed by atoms with Gasteiger partial charge in [-0.15, -0.1) is 0 Å². The molecule has 1 aromatic carbocycles. The van der Waals surface area contributed by atoms with Gasteiger partial charge in [-0.2, -0.15) is 4.31 Å². The number of carbonyl (C=O) groups excluding carboxylic acids is 3. The van der Waals surface area contributed by atoms with Crippen molar-refractivity contribution in [1.29, 1.82) is 0 Å². The lowest BCUT2D eigenvalue weighted by Crippen LogP contribution is -2.46. The van der Waals surface area contributed by atoms with Gasteiger partial charge in [0.2, 0.25) is 10.0 Å². The maximum Gasteiger partial charge on any atom is 0.329 e. The zero-order chi connectivity index (χ0) is 24.1. The van der Waals surface area contributed by atoms with Crippen LogP contribution in [0.5, 0.6) is 0 Å². The summed E-state index contributed by atoms with van der Waals surface area (Å²) in [6.45, 7) is 9.38. The highest BCUT2D eigenvalue weighted by Crippen LogP contribution is 2.19. The number of ketones is 1. The number of morpholine rings is 1. The van der Waals surface area contributed by atoms with E-state index in [0.29, 0.717) is 13.2 Å². The van der Waals surface area contributed by atoms with Crippen LogP contribution in [-0.4, -0.2) is 69.3 Å². The minimum Gasteiger partial charge on any atom is -0.456 e. The normalized spacial score (nSPS) is 16.4. The summed E-state index contributed by atoms with van der Waals surface area (Å²) >= 11 is 0. The summed E-state index contributed by atoms with van der Waals surface area (Å²) in [4.78, 5) is 37.3. The maximum absolute atomic E-state index is 12.9. The quantitative estimate of drug-likeness (QED) is 0.576. The van der Waals surface area contributed by atoms with Gasteiger partial charge in [0.25, 0.3) is 5.91 Å². The van der Waals surface area contributed by atoms with Crippen molar-refractivity contribution in [3.63, 3.8) is 0 Å². The molecule has 32 heavy (non-hydrogen) atoms. The maximum atomic E-state index is 12.9. The number of nitrogens with one attached hydrogen (secondary N) is 1. The van der Waals surface area contributed by atoms with Gasteiger partial charge in [-0.3, -0.25) is 9.59 Å². The van der Waals surface area contributed by atoms with Crippen molar-refractivity contribution in [3.8, 4) is 0 Å². The molecule has 1 amide bonds. The standard InChI is InChI=1S/C22H32N2O7S/c1-15(2)19(21(27)31-14-18(25)22(3,4)5)23-20(26)16-7-6-8-17(13-16)32(28,29)24-9-11-30-12-10-24/h6-8,13,15,19H,9-12,14H2,1-5H3,(H,23,26)/t19-/m0/s1. The first kappa shape index (κ1) is 26.0. The lowest BCUT2D eigenvalue weighted by molar-refractivity contribution is -0.152. The highest BCUT2D eigenvalue weighted by atomic mass is 32.2. The molecular formula is C22H32N2O7S. The van der Waals surface area contributed by atoms with Crippen molar-refractivity contribution < 1.29 is 32.3 Å². The Bertz CT molecular complexity index is 945. The van der Waals surface area contributed by atoms with Crippen LogP contribution >= 0.6 is 0 Å². The predicted molar refractivity (Wildman–Crippen MR) is 118 cm³/mol. The third-order valence-corrected chi connectivity index (χ3v) is 6.99. The average Bonchev–Trinajstić information content (AvgIpc) is 2.75. The molecule has 178 valence electrons. The molecule has 9 nitrogen and oxygen atoms in total. The lowest BCUT2D eigenvalue weighted by atomic mass is 9.91. The van der Waals surface area contributed by atoms with Gasteiger partial charge in [-0.1, -0.05) is 40.7 Å². The summed E-state index contributed by atoms with van der Waals surface area (Å²) in [7, 11) is -3.77. The largest absolute Gasteiger partial charge is 0.456 e. The summed E-state index contributed by atoms with van der Waals surface area (Å²) in [5, 5.41) is 2.60. The van der Waals surface area contributed by atoms with E-state index in [1.807, 2.05) is 0 Å². The van der Waals surface area contributed by atoms with Gasteiger partial charge in [0.05, 0.1) is 18.1 Å². The Morgan fingerprint density at radius 1 is 1.16 bits per heavy atom. The molecule has 0 spiro atoms. The van der Waals surface area contributed by atoms with E-state index in [1.54, 1.807) is 34.6 Å². The molecule has 0 saturated carbocycles. The summed E-state index contributed by atoms with van der Waals surface area (Å²) in [5.41, 5.74) is -0.549. The highest BCUT2D eigenvalue weighted by Gasteiger charge is 2.30. The molecule has 10 heteroatoms. The Labute approximate surface area is 189 Å². The van der Waals surface area contributed by atoms with Crippen LogP contribution in [0, 0.1) is 11.3 Å². The first-order valence-electron chi connectivity index (χ1n) is 10.5. The summed E-state index contributed by atoms with van der Waals surface area (Å²) in [6.07, 6.45) is 0. The van der Waals surface area contributed by atoms with Crippen LogP contribution in [0.25, 0.3) is 0 Å². The molecule has 0 unspecified atom stereocenters. The van der Waals surface area contributed by atoms with Gasteiger partial charge in [0, 0.05) is 24.1 Å². The second-order valence-corrected chi connectivity index (χ2v) is 11.0. The van der Waals surface area contributed by atoms with Crippen molar-refractivity contribution in [1.82, 2.24) is 9.62 Å². The monoisotopic (exact) mass is 468 g/mol. The van der Waals surface area contributed by atoms with Gasteiger partial charge >= 0.3 is 5.97 Å². The zero-order valence-electron chi connectivity index (χ0n) is 19.2. The van der Waals surface area contributed by atoms with Crippen molar-refractivity contribution in [2.24, 2.45) is 11.3 Å². The molecule has 1 aliphatic heterocycles. The Morgan fingerprint density at radius 3 is 2.34 bits per heavy atom. The number of Topliss-reactive ketones (excluding diaryl/α,β-unsaturated/α-hetero) is 1. The van der Waals surface area contributed by atoms with E-state index in [-0.39, 0.29) is 41.9 Å². The molecule has 1 N–H and O–H groups in total. The third-order valence-electron chi connectivity index (χ3n) is 5.09. The number of carbonyl (C=O) groups is 3. The van der Waals surface area contributed by atoms with Gasteiger partial charge in [-0.05, 0) is 24.1 Å². The van der Waals surface area contributed by atoms with Gasteiger partial charge in [0.1, 0.15) is 6.04 Å². The Balaban J connectivity index is 2.13. The van der Waals surface area contributed by atoms with Crippen LogP contribution in [-0.2, 0) is 29.1 Å². The van der Waals surface area contributed by atoms with Crippen molar-refractivity contribution >= 4 is 27.7 Å².